The van der Waals surface area contributed by atoms with E-state index < -0.39 is 6.17 Å². The molecule has 1 atom stereocenters. The van der Waals surface area contributed by atoms with Crippen LogP contribution in [0.4, 0.5) is 0 Å². The highest BCUT2D eigenvalue weighted by Gasteiger charge is 2.15. The van der Waals surface area contributed by atoms with Crippen molar-refractivity contribution in [3.05, 3.63) is 12.3 Å². The van der Waals surface area contributed by atoms with Crippen molar-refractivity contribution in [1.29, 1.82) is 0 Å². The number of carbonyl (C=O) groups excluding carboxylic acids is 1. The summed E-state index contributed by atoms with van der Waals surface area (Å²) < 4.78 is 0. The molecule has 1 heterocycles. The second-order valence-corrected chi connectivity index (χ2v) is 1.92. The quantitative estimate of drug-likeness (QED) is 0.194. The Kier molecular flexibility index (Phi) is 2.24. The Morgan fingerprint density at radius 2 is 2.60 bits per heavy atom. The maximum absolute atomic E-state index is 10.8. The average Bonchev–Trinajstić information content (AvgIpc) is 2.05. The number of rotatable bonds is 1. The molecular formula is C5H10N4O. The number of amides is 1. The molecule has 0 fully saturated rings. The van der Waals surface area contributed by atoms with Crippen LogP contribution in [-0.4, -0.2) is 18.6 Å². The Bertz CT molecular complexity index is 156. The highest BCUT2D eigenvalue weighted by atomic mass is 16.2. The number of hydrogen-bond acceptors (Lipinski definition) is 4. The maximum Gasteiger partial charge on any atom is 0.271 e. The summed E-state index contributed by atoms with van der Waals surface area (Å²) >= 11 is 0. The minimum absolute atomic E-state index is 0.260. The molecule has 0 bridgehead atoms. The van der Waals surface area contributed by atoms with Crippen molar-refractivity contribution in [2.24, 2.45) is 5.84 Å². The Hall–Kier alpha value is -1.07. The zero-order chi connectivity index (χ0) is 7.40. The average molecular weight is 142 g/mol. The third kappa shape index (κ3) is 1.46. The molecule has 0 saturated carbocycles. The molecule has 1 aliphatic rings. The highest BCUT2D eigenvalue weighted by Crippen LogP contribution is 1.83. The molecule has 0 aliphatic carbocycles. The third-order valence-electron chi connectivity index (χ3n) is 1.23. The Balaban J connectivity index is 2.41. The van der Waals surface area contributed by atoms with Gasteiger partial charge in [-0.25, -0.2) is 5.84 Å². The van der Waals surface area contributed by atoms with Gasteiger partial charge in [-0.3, -0.25) is 15.5 Å². The van der Waals surface area contributed by atoms with E-state index in [0.717, 1.165) is 0 Å². The van der Waals surface area contributed by atoms with E-state index in [1.807, 2.05) is 11.5 Å². The van der Waals surface area contributed by atoms with Crippen molar-refractivity contribution in [2.45, 2.75) is 6.17 Å². The predicted octanol–water partition coefficient (Wildman–Crippen LogP) is -1.99. The zero-order valence-electron chi connectivity index (χ0n) is 5.42. The summed E-state index contributed by atoms with van der Waals surface area (Å²) in [5.74, 6) is 4.64. The van der Waals surface area contributed by atoms with Gasteiger partial charge in [0.25, 0.3) is 5.91 Å². The lowest BCUT2D eigenvalue weighted by Gasteiger charge is -2.19. The summed E-state index contributed by atoms with van der Waals surface area (Å²) in [4.78, 5) is 10.8. The lowest BCUT2D eigenvalue weighted by Crippen LogP contribution is -2.54. The number of nitrogens with two attached hydrogens (primary N) is 1. The minimum Gasteiger partial charge on any atom is -0.368 e. The molecule has 0 aromatic carbocycles. The second kappa shape index (κ2) is 3.19. The normalized spacial score (nSPS) is 23.5. The van der Waals surface area contributed by atoms with E-state index in [1.54, 1.807) is 6.20 Å². The van der Waals surface area contributed by atoms with E-state index >= 15 is 0 Å². The smallest absolute Gasteiger partial charge is 0.271 e. The van der Waals surface area contributed by atoms with E-state index in [-0.39, 0.29) is 5.91 Å². The molecule has 1 rings (SSSR count). The van der Waals surface area contributed by atoms with Crippen LogP contribution in [-0.2, 0) is 4.79 Å². The second-order valence-electron chi connectivity index (χ2n) is 1.92. The van der Waals surface area contributed by atoms with Crippen molar-refractivity contribution in [3.63, 3.8) is 0 Å². The molecule has 1 unspecified atom stereocenters. The molecule has 5 N–H and O–H groups in total. The van der Waals surface area contributed by atoms with Gasteiger partial charge >= 0.3 is 0 Å². The summed E-state index contributed by atoms with van der Waals surface area (Å²) in [6, 6.07) is 0. The fourth-order valence-corrected chi connectivity index (χ4v) is 0.720. The molecule has 0 radical (unpaired) electrons. The summed E-state index contributed by atoms with van der Waals surface area (Å²) in [6.07, 6.45) is 3.20. The van der Waals surface area contributed by atoms with Crippen molar-refractivity contribution >= 4 is 5.91 Å². The van der Waals surface area contributed by atoms with Gasteiger partial charge in [0, 0.05) is 6.54 Å². The van der Waals surface area contributed by atoms with E-state index in [1.165, 1.54) is 0 Å². The zero-order valence-corrected chi connectivity index (χ0v) is 5.42. The van der Waals surface area contributed by atoms with E-state index in [9.17, 15) is 4.79 Å². The standard InChI is InChI=1S/C5H10N4O/c6-9-5(10)4-7-2-1-3-8-4/h1-2,4,7-8H,3,6H2,(H,9,10). The van der Waals surface area contributed by atoms with E-state index in [2.05, 4.69) is 10.6 Å². The number of carbonyl (C=O) groups is 1. The molecule has 5 nitrogen and oxygen atoms in total. The largest absolute Gasteiger partial charge is 0.368 e. The van der Waals surface area contributed by atoms with Crippen LogP contribution in [0.2, 0.25) is 0 Å². The first-order chi connectivity index (χ1) is 4.84. The first kappa shape index (κ1) is 7.04. The number of hydrazine groups is 1. The maximum atomic E-state index is 10.8. The van der Waals surface area contributed by atoms with Crippen molar-refractivity contribution < 1.29 is 4.79 Å². The van der Waals surface area contributed by atoms with Crippen molar-refractivity contribution in [3.8, 4) is 0 Å². The van der Waals surface area contributed by atoms with Gasteiger partial charge in [0.2, 0.25) is 0 Å². The lowest BCUT2D eigenvalue weighted by atomic mass is 10.4. The first-order valence-corrected chi connectivity index (χ1v) is 2.99. The Morgan fingerprint density at radius 1 is 1.80 bits per heavy atom. The summed E-state index contributed by atoms with van der Waals surface area (Å²) in [5.41, 5.74) is 2.04. The fraction of sp³-hybridized carbons (Fsp3) is 0.400. The van der Waals surface area contributed by atoms with Crippen LogP contribution in [0.1, 0.15) is 0 Å². The van der Waals surface area contributed by atoms with Gasteiger partial charge in [-0.15, -0.1) is 0 Å². The topological polar surface area (TPSA) is 79.2 Å². The highest BCUT2D eigenvalue weighted by molar-refractivity contribution is 5.80. The molecular weight excluding hydrogens is 132 g/mol. The summed E-state index contributed by atoms with van der Waals surface area (Å²) in [5, 5.41) is 5.67. The fourth-order valence-electron chi connectivity index (χ4n) is 0.720. The summed E-state index contributed by atoms with van der Waals surface area (Å²) in [7, 11) is 0. The summed E-state index contributed by atoms with van der Waals surface area (Å²) in [6.45, 7) is 0.686. The minimum atomic E-state index is -0.394. The van der Waals surface area contributed by atoms with E-state index in [4.69, 9.17) is 5.84 Å². The van der Waals surface area contributed by atoms with Gasteiger partial charge in [-0.2, -0.15) is 0 Å². The van der Waals surface area contributed by atoms with Crippen LogP contribution < -0.4 is 21.9 Å². The van der Waals surface area contributed by atoms with Crippen LogP contribution in [0.15, 0.2) is 12.3 Å². The van der Waals surface area contributed by atoms with Gasteiger partial charge in [0.05, 0.1) is 0 Å². The van der Waals surface area contributed by atoms with Crippen LogP contribution in [0.5, 0.6) is 0 Å². The van der Waals surface area contributed by atoms with Crippen LogP contribution in [0.3, 0.4) is 0 Å². The van der Waals surface area contributed by atoms with Crippen LogP contribution >= 0.6 is 0 Å². The molecule has 1 aliphatic heterocycles. The first-order valence-electron chi connectivity index (χ1n) is 2.99. The molecule has 0 aromatic rings. The number of hydrogen-bond donors (Lipinski definition) is 4. The van der Waals surface area contributed by atoms with Gasteiger partial charge in [0.1, 0.15) is 0 Å². The van der Waals surface area contributed by atoms with Gasteiger partial charge in [-0.1, -0.05) is 6.08 Å². The van der Waals surface area contributed by atoms with Crippen molar-refractivity contribution in [2.75, 3.05) is 6.54 Å². The molecule has 0 saturated heterocycles. The van der Waals surface area contributed by atoms with Gasteiger partial charge in [0.15, 0.2) is 6.17 Å². The van der Waals surface area contributed by atoms with Crippen molar-refractivity contribution in [1.82, 2.24) is 16.1 Å². The predicted molar refractivity (Wildman–Crippen MR) is 36.4 cm³/mol. The Morgan fingerprint density at radius 3 is 3.10 bits per heavy atom. The SMILES string of the molecule is NNC(=O)C1NC=CCN1. The molecule has 0 spiro atoms. The molecule has 0 aromatic heterocycles. The van der Waals surface area contributed by atoms with Gasteiger partial charge < -0.3 is 5.32 Å². The van der Waals surface area contributed by atoms with Crippen LogP contribution in [0, 0.1) is 0 Å². The van der Waals surface area contributed by atoms with Crippen LogP contribution in [0.25, 0.3) is 0 Å². The molecule has 1 amide bonds. The third-order valence-corrected chi connectivity index (χ3v) is 1.23. The molecule has 5 heteroatoms. The lowest BCUT2D eigenvalue weighted by molar-refractivity contribution is -0.123. The monoisotopic (exact) mass is 142 g/mol. The van der Waals surface area contributed by atoms with E-state index in [0.29, 0.717) is 6.54 Å². The molecule has 56 valence electrons. The number of nitrogens with one attached hydrogen (secondary N) is 3. The Labute approximate surface area is 58.6 Å². The van der Waals surface area contributed by atoms with Gasteiger partial charge in [-0.05, 0) is 6.20 Å². The molecule has 10 heavy (non-hydrogen) atoms.